The van der Waals surface area contributed by atoms with Crippen LogP contribution in [-0.2, 0) is 11.3 Å². The molecule has 0 saturated carbocycles. The predicted octanol–water partition coefficient (Wildman–Crippen LogP) is 0.346. The average Bonchev–Trinajstić information content (AvgIpc) is 2.84. The van der Waals surface area contributed by atoms with Crippen molar-refractivity contribution in [3.63, 3.8) is 0 Å². The van der Waals surface area contributed by atoms with Crippen LogP contribution in [0.2, 0.25) is 0 Å². The van der Waals surface area contributed by atoms with Gasteiger partial charge in [0, 0.05) is 19.5 Å². The van der Waals surface area contributed by atoms with Crippen molar-refractivity contribution in [1.82, 2.24) is 19.5 Å². The normalized spacial score (nSPS) is 11.2. The molecular formula is C13H19N5O4. The highest BCUT2D eigenvalue weighted by atomic mass is 16.4. The molecular weight excluding hydrogens is 290 g/mol. The smallest absolute Gasteiger partial charge is 0.330 e. The van der Waals surface area contributed by atoms with Gasteiger partial charge in [0.25, 0.3) is 5.56 Å². The fourth-order valence-corrected chi connectivity index (χ4v) is 2.11. The van der Waals surface area contributed by atoms with E-state index < -0.39 is 17.2 Å². The number of nitrogens with zero attached hydrogens (tertiary/aromatic N) is 2. The highest BCUT2D eigenvalue weighted by Crippen LogP contribution is 2.10. The maximum atomic E-state index is 11.9. The Kier molecular flexibility index (Phi) is 4.64. The molecule has 9 heteroatoms. The van der Waals surface area contributed by atoms with Gasteiger partial charge in [-0.2, -0.15) is 4.98 Å². The van der Waals surface area contributed by atoms with E-state index in [2.05, 4.69) is 20.3 Å². The van der Waals surface area contributed by atoms with Gasteiger partial charge in [0.2, 0.25) is 5.95 Å². The number of carboxylic acid groups (broad SMARTS) is 1. The van der Waals surface area contributed by atoms with Crippen molar-refractivity contribution >= 4 is 23.1 Å². The number of aliphatic carboxylic acids is 1. The standard InChI is InChI=1S/C13H19N5O4/c1-7(2)6-18-10-9(11(21)17-13(18)22)15-12(16-10)14-5-3-4-8(19)20/h7H,3-6H2,1-2H3,(H,19,20)(H2,14,15,16)(H,17,21,22). The van der Waals surface area contributed by atoms with Gasteiger partial charge in [-0.15, -0.1) is 0 Å². The molecule has 0 radical (unpaired) electrons. The second-order valence-corrected chi connectivity index (χ2v) is 5.47. The van der Waals surface area contributed by atoms with Crippen LogP contribution < -0.4 is 16.6 Å². The summed E-state index contributed by atoms with van der Waals surface area (Å²) in [5.74, 6) is -0.307. The van der Waals surface area contributed by atoms with Crippen LogP contribution in [0.3, 0.4) is 0 Å². The first-order valence-corrected chi connectivity index (χ1v) is 7.07. The number of carbonyl (C=O) groups is 1. The van der Waals surface area contributed by atoms with Crippen LogP contribution in [0, 0.1) is 5.92 Å². The number of hydrogen-bond donors (Lipinski definition) is 4. The molecule has 0 atom stereocenters. The lowest BCUT2D eigenvalue weighted by molar-refractivity contribution is -0.137. The van der Waals surface area contributed by atoms with E-state index in [1.54, 1.807) is 0 Å². The van der Waals surface area contributed by atoms with Crippen molar-refractivity contribution in [2.75, 3.05) is 11.9 Å². The molecule has 0 bridgehead atoms. The first-order chi connectivity index (χ1) is 10.4. The Morgan fingerprint density at radius 3 is 2.73 bits per heavy atom. The summed E-state index contributed by atoms with van der Waals surface area (Å²) in [5.41, 5.74) is -0.495. The monoisotopic (exact) mass is 309 g/mol. The summed E-state index contributed by atoms with van der Waals surface area (Å²) in [5, 5.41) is 11.5. The summed E-state index contributed by atoms with van der Waals surface area (Å²) in [6, 6.07) is 0. The highest BCUT2D eigenvalue weighted by molar-refractivity contribution is 5.72. The molecule has 0 unspecified atom stereocenters. The average molecular weight is 309 g/mol. The largest absolute Gasteiger partial charge is 0.481 e. The second kappa shape index (κ2) is 6.46. The van der Waals surface area contributed by atoms with E-state index in [-0.39, 0.29) is 17.9 Å². The summed E-state index contributed by atoms with van der Waals surface area (Å²) in [6.07, 6.45) is 0.480. The van der Waals surface area contributed by atoms with Crippen LogP contribution in [0.1, 0.15) is 26.7 Å². The van der Waals surface area contributed by atoms with Crippen LogP contribution in [0.4, 0.5) is 5.95 Å². The van der Waals surface area contributed by atoms with Crippen molar-refractivity contribution in [2.24, 2.45) is 5.92 Å². The number of anilines is 1. The topological polar surface area (TPSA) is 133 Å². The van der Waals surface area contributed by atoms with Crippen LogP contribution in [0.25, 0.3) is 11.2 Å². The molecule has 2 heterocycles. The molecule has 120 valence electrons. The Hall–Kier alpha value is -2.58. The number of nitrogens with one attached hydrogen (secondary N) is 3. The molecule has 4 N–H and O–H groups in total. The Bertz CT molecular complexity index is 786. The fourth-order valence-electron chi connectivity index (χ4n) is 2.11. The Morgan fingerprint density at radius 2 is 2.09 bits per heavy atom. The third-order valence-corrected chi connectivity index (χ3v) is 3.04. The lowest BCUT2D eigenvalue weighted by Crippen LogP contribution is -2.31. The molecule has 22 heavy (non-hydrogen) atoms. The second-order valence-electron chi connectivity index (χ2n) is 5.47. The third kappa shape index (κ3) is 3.54. The number of imidazole rings is 1. The predicted molar refractivity (Wildman–Crippen MR) is 81.2 cm³/mol. The minimum atomic E-state index is -0.867. The van der Waals surface area contributed by atoms with E-state index in [1.807, 2.05) is 13.8 Å². The SMILES string of the molecule is CC(C)Cn1c(=O)[nH]c(=O)c2[nH]c(NCCCC(=O)O)nc21. The van der Waals surface area contributed by atoms with Gasteiger partial charge in [-0.05, 0) is 12.3 Å². The first-order valence-electron chi connectivity index (χ1n) is 7.07. The zero-order valence-corrected chi connectivity index (χ0v) is 12.5. The number of rotatable bonds is 7. The number of carboxylic acids is 1. The van der Waals surface area contributed by atoms with E-state index in [1.165, 1.54) is 4.57 Å². The Morgan fingerprint density at radius 1 is 1.36 bits per heavy atom. The van der Waals surface area contributed by atoms with E-state index in [4.69, 9.17) is 5.11 Å². The molecule has 0 saturated heterocycles. The van der Waals surface area contributed by atoms with E-state index in [0.717, 1.165) is 0 Å². The summed E-state index contributed by atoms with van der Waals surface area (Å²) in [4.78, 5) is 43.5. The summed E-state index contributed by atoms with van der Waals surface area (Å²) in [6.45, 7) is 4.76. The third-order valence-electron chi connectivity index (χ3n) is 3.04. The number of aromatic nitrogens is 4. The van der Waals surface area contributed by atoms with Crippen LogP contribution in [-0.4, -0.2) is 37.1 Å². The van der Waals surface area contributed by atoms with E-state index >= 15 is 0 Å². The Balaban J connectivity index is 2.28. The van der Waals surface area contributed by atoms with Crippen LogP contribution in [0.5, 0.6) is 0 Å². The van der Waals surface area contributed by atoms with E-state index in [9.17, 15) is 14.4 Å². The summed E-state index contributed by atoms with van der Waals surface area (Å²) < 4.78 is 1.42. The highest BCUT2D eigenvalue weighted by Gasteiger charge is 2.13. The molecule has 0 aliphatic heterocycles. The lowest BCUT2D eigenvalue weighted by atomic mass is 10.2. The zero-order chi connectivity index (χ0) is 16.3. The zero-order valence-electron chi connectivity index (χ0n) is 12.5. The van der Waals surface area contributed by atoms with Gasteiger partial charge in [0.05, 0.1) is 0 Å². The molecule has 0 aliphatic carbocycles. The van der Waals surface area contributed by atoms with Crippen molar-refractivity contribution in [1.29, 1.82) is 0 Å². The van der Waals surface area contributed by atoms with Gasteiger partial charge in [-0.3, -0.25) is 19.1 Å². The number of hydrogen-bond acceptors (Lipinski definition) is 5. The molecule has 0 aromatic carbocycles. The van der Waals surface area contributed by atoms with Crippen molar-refractivity contribution in [3.8, 4) is 0 Å². The minimum absolute atomic E-state index is 0.0475. The molecule has 0 aliphatic rings. The molecule has 2 rings (SSSR count). The van der Waals surface area contributed by atoms with Gasteiger partial charge >= 0.3 is 11.7 Å². The first kappa shape index (κ1) is 15.8. The fraction of sp³-hybridized carbons (Fsp3) is 0.538. The van der Waals surface area contributed by atoms with Gasteiger partial charge in [0.1, 0.15) is 0 Å². The van der Waals surface area contributed by atoms with Gasteiger partial charge in [-0.1, -0.05) is 13.8 Å². The quantitative estimate of drug-likeness (QED) is 0.545. The van der Waals surface area contributed by atoms with E-state index in [0.29, 0.717) is 31.1 Å². The number of H-pyrrole nitrogens is 2. The Labute approximate surface area is 125 Å². The maximum Gasteiger partial charge on any atom is 0.330 e. The van der Waals surface area contributed by atoms with Crippen molar-refractivity contribution < 1.29 is 9.90 Å². The van der Waals surface area contributed by atoms with Gasteiger partial charge in [-0.25, -0.2) is 4.79 Å². The maximum absolute atomic E-state index is 11.9. The minimum Gasteiger partial charge on any atom is -0.481 e. The van der Waals surface area contributed by atoms with Crippen molar-refractivity contribution in [2.45, 2.75) is 33.2 Å². The number of fused-ring (bicyclic) bond motifs is 1. The molecule has 0 fully saturated rings. The van der Waals surface area contributed by atoms with Gasteiger partial charge in [0.15, 0.2) is 11.2 Å². The van der Waals surface area contributed by atoms with Crippen molar-refractivity contribution in [3.05, 3.63) is 20.8 Å². The van der Waals surface area contributed by atoms with Gasteiger partial charge < -0.3 is 15.4 Å². The summed E-state index contributed by atoms with van der Waals surface area (Å²) >= 11 is 0. The number of aromatic amines is 2. The molecule has 0 amide bonds. The molecule has 2 aromatic rings. The molecule has 2 aromatic heterocycles. The summed E-state index contributed by atoms with van der Waals surface area (Å²) in [7, 11) is 0. The van der Waals surface area contributed by atoms with Crippen LogP contribution >= 0.6 is 0 Å². The van der Waals surface area contributed by atoms with Crippen LogP contribution in [0.15, 0.2) is 9.59 Å². The molecule has 9 nitrogen and oxygen atoms in total. The molecule has 0 spiro atoms. The lowest BCUT2D eigenvalue weighted by Gasteiger charge is -2.07.